The van der Waals surface area contributed by atoms with Crippen molar-refractivity contribution in [3.8, 4) is 0 Å². The molecule has 3 heterocycles. The normalized spacial score (nSPS) is 38.4. The fourth-order valence-corrected chi connectivity index (χ4v) is 5.80. The number of thiol groups is 1. The number of nitrogens with one attached hydrogen (secondary N) is 1. The zero-order chi connectivity index (χ0) is 27.0. The van der Waals surface area contributed by atoms with E-state index in [1.165, 1.54) is 0 Å². The molecule has 2 aliphatic rings. The van der Waals surface area contributed by atoms with Crippen LogP contribution in [0.5, 0.6) is 0 Å². The van der Waals surface area contributed by atoms with Crippen molar-refractivity contribution in [1.29, 1.82) is 0 Å². The smallest absolute Gasteiger partial charge is 0.478 e. The van der Waals surface area contributed by atoms with Crippen LogP contribution < -0.4 is 16.1 Å². The molecule has 7 N–H and O–H groups in total. The van der Waals surface area contributed by atoms with Crippen LogP contribution in [0.25, 0.3) is 0 Å². The second-order valence-electron chi connectivity index (χ2n) is 7.66. The number of aromatic nitrogens is 2. The molecule has 206 valence electrons. The summed E-state index contributed by atoms with van der Waals surface area (Å²) in [5.74, 6) is 0. The lowest BCUT2D eigenvalue weighted by molar-refractivity contribution is -0.279. The van der Waals surface area contributed by atoms with Gasteiger partial charge in [-0.1, -0.05) is 0 Å². The van der Waals surface area contributed by atoms with E-state index in [2.05, 4.69) is 26.0 Å². The van der Waals surface area contributed by atoms with E-state index in [9.17, 15) is 54.0 Å². The third-order valence-corrected chi connectivity index (χ3v) is 8.35. The number of aromatic amines is 1. The molecular formula is C15H23N2O16P2S-. The van der Waals surface area contributed by atoms with Gasteiger partial charge in [-0.25, -0.2) is 13.7 Å². The molecule has 2 aliphatic heterocycles. The van der Waals surface area contributed by atoms with Crippen molar-refractivity contribution in [2.24, 2.45) is 0 Å². The molecule has 5 unspecified atom stereocenters. The molecule has 3 rings (SSSR count). The number of hydrogen-bond donors (Lipinski definition) is 8. The maximum Gasteiger partial charge on any atom is 0.478 e. The van der Waals surface area contributed by atoms with Crippen LogP contribution in [0.1, 0.15) is 6.23 Å². The Morgan fingerprint density at radius 3 is 2.36 bits per heavy atom. The number of ether oxygens (including phenoxy) is 2. The van der Waals surface area contributed by atoms with E-state index in [1.54, 1.807) is 0 Å². The summed E-state index contributed by atoms with van der Waals surface area (Å²) < 4.78 is 48.0. The Morgan fingerprint density at radius 1 is 1.08 bits per heavy atom. The minimum Gasteiger partial charge on any atom is -0.756 e. The highest BCUT2D eigenvalue weighted by atomic mass is 32.1. The summed E-state index contributed by atoms with van der Waals surface area (Å²) in [5.41, 5.74) is -1.74. The number of phosphoric acid groups is 2. The molecule has 0 radical (unpaired) electrons. The molecular weight excluding hydrogens is 558 g/mol. The predicted molar refractivity (Wildman–Crippen MR) is 113 cm³/mol. The summed E-state index contributed by atoms with van der Waals surface area (Å²) in [5, 5.41) is 48.1. The number of aliphatic hydroxyl groups is 5. The number of aliphatic hydroxyl groups excluding tert-OH is 5. The van der Waals surface area contributed by atoms with Crippen LogP contribution >= 0.6 is 28.3 Å². The van der Waals surface area contributed by atoms with Gasteiger partial charge in [0.1, 0.15) is 24.4 Å². The lowest BCUT2D eigenvalue weighted by atomic mass is 10.0. The first-order valence-electron chi connectivity index (χ1n) is 9.97. The Morgan fingerprint density at radius 2 is 1.75 bits per heavy atom. The van der Waals surface area contributed by atoms with Crippen molar-refractivity contribution >= 4 is 28.3 Å². The van der Waals surface area contributed by atoms with Gasteiger partial charge in [-0.15, -0.1) is 0 Å². The van der Waals surface area contributed by atoms with Crippen LogP contribution in [0, 0.1) is 0 Å². The van der Waals surface area contributed by atoms with E-state index < -0.39 is 94.5 Å². The molecule has 0 aliphatic carbocycles. The van der Waals surface area contributed by atoms with Crippen molar-refractivity contribution in [2.45, 2.75) is 54.4 Å². The third-order valence-electron chi connectivity index (χ3n) is 5.15. The Labute approximate surface area is 206 Å². The summed E-state index contributed by atoms with van der Waals surface area (Å²) in [7, 11) is -11.3. The number of H-pyrrole nitrogens is 1. The zero-order valence-corrected chi connectivity index (χ0v) is 20.5. The van der Waals surface area contributed by atoms with Crippen LogP contribution in [0.4, 0.5) is 0 Å². The van der Waals surface area contributed by atoms with Crippen LogP contribution in [0.2, 0.25) is 0 Å². The molecule has 36 heavy (non-hydrogen) atoms. The minimum atomic E-state index is -5.79. The fraction of sp³-hybridized carbons (Fsp3) is 0.733. The summed E-state index contributed by atoms with van der Waals surface area (Å²) in [6, 6.07) is 0.931. The molecule has 1 aromatic heterocycles. The molecule has 11 atom stereocenters. The lowest BCUT2D eigenvalue weighted by Gasteiger charge is -2.41. The number of rotatable bonds is 9. The van der Waals surface area contributed by atoms with Gasteiger partial charge in [-0.05, 0) is 0 Å². The molecule has 0 bridgehead atoms. The number of phosphoric ester groups is 2. The van der Waals surface area contributed by atoms with E-state index in [0.29, 0.717) is 0 Å². The van der Waals surface area contributed by atoms with Crippen LogP contribution in [0.3, 0.4) is 0 Å². The fourth-order valence-electron chi connectivity index (χ4n) is 3.34. The second kappa shape index (κ2) is 11.4. The van der Waals surface area contributed by atoms with Gasteiger partial charge in [-0.3, -0.25) is 28.0 Å². The molecule has 2 fully saturated rings. The molecule has 0 aromatic carbocycles. The predicted octanol–water partition coefficient (Wildman–Crippen LogP) is -4.49. The van der Waals surface area contributed by atoms with Gasteiger partial charge < -0.3 is 44.8 Å². The Hall–Kier alpha value is -0.990. The molecule has 21 heteroatoms. The first-order valence-corrected chi connectivity index (χ1v) is 13.4. The van der Waals surface area contributed by atoms with Crippen molar-refractivity contribution < 1.29 is 67.3 Å². The summed E-state index contributed by atoms with van der Waals surface area (Å²) in [6.45, 7) is -1.78. The van der Waals surface area contributed by atoms with Crippen LogP contribution in [-0.4, -0.2) is 101 Å². The van der Waals surface area contributed by atoms with E-state index in [-0.39, 0.29) is 0 Å². The molecule has 0 amide bonds. The first kappa shape index (κ1) is 29.6. The molecule has 1 aromatic rings. The quantitative estimate of drug-likeness (QED) is 0.101. The highest BCUT2D eigenvalue weighted by Gasteiger charge is 2.47. The monoisotopic (exact) mass is 581 g/mol. The topological polar surface area (TPSA) is 280 Å². The molecule has 2 saturated heterocycles. The van der Waals surface area contributed by atoms with Crippen LogP contribution in [-0.2, 0) is 32.0 Å². The first-order chi connectivity index (χ1) is 16.7. The average molecular weight is 581 g/mol. The SMILES string of the molecule is O=c1ccn([C@@H]2O[C@H](COP(=O)(O)OP(=O)([O-])O[C@H]3OC(CO)[C@@H](S)[C@H](O)C3O)[C@H](O)C2O)c(=O)[nH]1. The van der Waals surface area contributed by atoms with Gasteiger partial charge in [-0.2, -0.15) is 12.6 Å². The van der Waals surface area contributed by atoms with Gasteiger partial charge >= 0.3 is 13.5 Å². The van der Waals surface area contributed by atoms with Gasteiger partial charge in [0.25, 0.3) is 13.4 Å². The van der Waals surface area contributed by atoms with Gasteiger partial charge in [0.15, 0.2) is 12.5 Å². The minimum absolute atomic E-state index is 0.725. The zero-order valence-electron chi connectivity index (χ0n) is 17.8. The largest absolute Gasteiger partial charge is 0.756 e. The van der Waals surface area contributed by atoms with Gasteiger partial charge in [0, 0.05) is 12.3 Å². The van der Waals surface area contributed by atoms with Crippen molar-refractivity contribution in [3.05, 3.63) is 33.1 Å². The lowest BCUT2D eigenvalue weighted by Crippen LogP contribution is -2.57. The van der Waals surface area contributed by atoms with Crippen molar-refractivity contribution in [3.63, 3.8) is 0 Å². The maximum absolute atomic E-state index is 12.1. The third kappa shape index (κ3) is 6.71. The van der Waals surface area contributed by atoms with E-state index in [4.69, 9.17) is 9.47 Å². The summed E-state index contributed by atoms with van der Waals surface area (Å²) in [6.07, 6.45) is -12.8. The Balaban J connectivity index is 1.61. The number of hydrogen-bond acceptors (Lipinski definition) is 16. The van der Waals surface area contributed by atoms with E-state index >= 15 is 0 Å². The standard InChI is InChI=1S/C15H24N2O16P2S/c18-3-5-12(36)9(21)11(23)14(31-5)32-35(27,28)33-34(25,26)29-4-6-8(20)10(22)13(30-6)17-2-1-7(19)16-15(17)24/h1-2,5-6,8-14,18,20-23,36H,3-4H2,(H,25,26)(H,27,28)(H,16,19,24)/p-1/t5?,6-,8+,9-,10?,11?,12-,13-,14-/m1/s1. The highest BCUT2D eigenvalue weighted by molar-refractivity contribution is 7.81. The molecule has 18 nitrogen and oxygen atoms in total. The van der Waals surface area contributed by atoms with E-state index in [0.717, 1.165) is 16.8 Å². The van der Waals surface area contributed by atoms with Gasteiger partial charge in [0.05, 0.1) is 30.7 Å². The van der Waals surface area contributed by atoms with Gasteiger partial charge in [0.2, 0.25) is 0 Å². The summed E-state index contributed by atoms with van der Waals surface area (Å²) in [4.78, 5) is 46.8. The molecule has 0 spiro atoms. The van der Waals surface area contributed by atoms with Crippen LogP contribution in [0.15, 0.2) is 21.9 Å². The van der Waals surface area contributed by atoms with E-state index in [1.807, 2.05) is 4.98 Å². The summed E-state index contributed by atoms with van der Waals surface area (Å²) >= 11 is 3.92. The average Bonchev–Trinajstić information content (AvgIpc) is 3.06. The Kier molecular flexibility index (Phi) is 9.36. The number of nitrogens with zero attached hydrogens (tertiary/aromatic N) is 1. The molecule has 0 saturated carbocycles. The maximum atomic E-state index is 12.1. The van der Waals surface area contributed by atoms with Crippen molar-refractivity contribution in [2.75, 3.05) is 13.2 Å². The second-order valence-corrected chi connectivity index (χ2v) is 11.2. The highest BCUT2D eigenvalue weighted by Crippen LogP contribution is 2.59. The van der Waals surface area contributed by atoms with Crippen molar-refractivity contribution in [1.82, 2.24) is 9.55 Å². The Bertz CT molecular complexity index is 1130.